The predicted molar refractivity (Wildman–Crippen MR) is 66.3 cm³/mol. The second-order valence-corrected chi connectivity index (χ2v) is 4.97. The Kier molecular flexibility index (Phi) is 2.88. The molecule has 0 aliphatic heterocycles. The highest BCUT2D eigenvalue weighted by Gasteiger charge is 2.02. The van der Waals surface area contributed by atoms with Crippen molar-refractivity contribution in [2.75, 3.05) is 26.4 Å². The highest BCUT2D eigenvalue weighted by molar-refractivity contribution is 7.22. The van der Waals surface area contributed by atoms with Gasteiger partial charge >= 0.3 is 0 Å². The Labute approximate surface area is 93.5 Å². The molecule has 0 fully saturated rings. The number of fused-ring (bicyclic) bond motifs is 1. The average Bonchev–Trinajstić information content (AvgIpc) is 2.53. The molecule has 0 amide bonds. The van der Waals surface area contributed by atoms with Crippen molar-refractivity contribution in [3.05, 3.63) is 23.8 Å². The third-order valence-electron chi connectivity index (χ3n) is 2.32. The van der Waals surface area contributed by atoms with E-state index in [4.69, 9.17) is 5.73 Å². The number of hydrogen-bond acceptors (Lipinski definition) is 4. The Bertz CT molecular complexity index is 462. The van der Waals surface area contributed by atoms with Crippen molar-refractivity contribution in [3.63, 3.8) is 0 Å². The summed E-state index contributed by atoms with van der Waals surface area (Å²) in [4.78, 5) is 6.42. The van der Waals surface area contributed by atoms with Gasteiger partial charge in [-0.2, -0.15) is 0 Å². The summed E-state index contributed by atoms with van der Waals surface area (Å²) in [6, 6.07) is 6.37. The maximum atomic E-state index is 5.66. The van der Waals surface area contributed by atoms with Gasteiger partial charge in [0, 0.05) is 6.54 Å². The molecule has 80 valence electrons. The van der Waals surface area contributed by atoms with Gasteiger partial charge in [-0.1, -0.05) is 17.4 Å². The van der Waals surface area contributed by atoms with Crippen LogP contribution in [-0.4, -0.2) is 30.5 Å². The first-order chi connectivity index (χ1) is 7.15. The second-order valence-electron chi connectivity index (χ2n) is 3.91. The molecule has 1 heterocycles. The van der Waals surface area contributed by atoms with Crippen molar-refractivity contribution >= 4 is 26.7 Å². The molecule has 0 unspecified atom stereocenters. The molecular weight excluding hydrogens is 206 g/mol. The zero-order chi connectivity index (χ0) is 10.8. The van der Waals surface area contributed by atoms with Gasteiger partial charge in [0.05, 0.1) is 10.2 Å². The largest absolute Gasteiger partial charge is 0.375 e. The normalized spacial score (nSPS) is 11.4. The Balaban J connectivity index is 2.22. The van der Waals surface area contributed by atoms with Crippen LogP contribution >= 0.6 is 11.3 Å². The van der Waals surface area contributed by atoms with Gasteiger partial charge in [0.1, 0.15) is 0 Å². The molecule has 0 aliphatic rings. The fraction of sp³-hybridized carbons (Fsp3) is 0.364. The number of thiazole rings is 1. The quantitative estimate of drug-likeness (QED) is 0.861. The van der Waals surface area contributed by atoms with Crippen molar-refractivity contribution < 1.29 is 0 Å². The summed E-state index contributed by atoms with van der Waals surface area (Å²) < 4.78 is 1.18. The number of nitrogens with two attached hydrogens (primary N) is 1. The third-order valence-corrected chi connectivity index (χ3v) is 3.16. The number of anilines is 1. The lowest BCUT2D eigenvalue weighted by molar-refractivity contribution is 0.414. The Hall–Kier alpha value is -1.13. The molecule has 0 aliphatic carbocycles. The van der Waals surface area contributed by atoms with Crippen molar-refractivity contribution in [3.8, 4) is 0 Å². The van der Waals surface area contributed by atoms with E-state index in [0.717, 1.165) is 18.5 Å². The first-order valence-corrected chi connectivity index (χ1v) is 5.76. The molecule has 0 saturated carbocycles. The topological polar surface area (TPSA) is 42.2 Å². The van der Waals surface area contributed by atoms with E-state index in [1.54, 1.807) is 11.3 Å². The van der Waals surface area contributed by atoms with E-state index >= 15 is 0 Å². The minimum absolute atomic E-state index is 0.648. The summed E-state index contributed by atoms with van der Waals surface area (Å²) in [6.45, 7) is 1.07. The number of hydrogen-bond donors (Lipinski definition) is 1. The summed E-state index contributed by atoms with van der Waals surface area (Å²) in [5.74, 6) is 0. The van der Waals surface area contributed by atoms with Crippen LogP contribution in [-0.2, 0) is 6.42 Å². The van der Waals surface area contributed by atoms with Crippen LogP contribution in [0, 0.1) is 0 Å². The van der Waals surface area contributed by atoms with E-state index in [1.807, 2.05) is 6.07 Å². The average molecular weight is 221 g/mol. The monoisotopic (exact) mass is 221 g/mol. The van der Waals surface area contributed by atoms with Crippen LogP contribution in [0.3, 0.4) is 0 Å². The molecule has 0 radical (unpaired) electrons. The number of likely N-dealkylation sites (N-methyl/N-ethyl adjacent to an activating group) is 1. The van der Waals surface area contributed by atoms with Gasteiger partial charge in [0.15, 0.2) is 5.13 Å². The number of rotatable bonds is 3. The van der Waals surface area contributed by atoms with Crippen LogP contribution in [0.4, 0.5) is 5.13 Å². The maximum Gasteiger partial charge on any atom is 0.181 e. The van der Waals surface area contributed by atoms with Crippen molar-refractivity contribution in [2.24, 2.45) is 0 Å². The summed E-state index contributed by atoms with van der Waals surface area (Å²) in [6.07, 6.45) is 1.07. The van der Waals surface area contributed by atoms with Crippen LogP contribution in [0.15, 0.2) is 18.2 Å². The predicted octanol–water partition coefficient (Wildman–Crippen LogP) is 1.98. The number of nitrogen functional groups attached to an aromatic ring is 1. The van der Waals surface area contributed by atoms with Gasteiger partial charge in [-0.3, -0.25) is 0 Å². The summed E-state index contributed by atoms with van der Waals surface area (Å²) in [5.41, 5.74) is 8.01. The van der Waals surface area contributed by atoms with Gasteiger partial charge in [-0.15, -0.1) is 0 Å². The zero-order valence-corrected chi connectivity index (χ0v) is 9.84. The molecule has 2 N–H and O–H groups in total. The molecule has 3 nitrogen and oxygen atoms in total. The van der Waals surface area contributed by atoms with Crippen molar-refractivity contribution in [2.45, 2.75) is 6.42 Å². The molecule has 0 atom stereocenters. The Morgan fingerprint density at radius 1 is 1.40 bits per heavy atom. The van der Waals surface area contributed by atoms with Gasteiger partial charge in [-0.25, -0.2) is 4.98 Å². The van der Waals surface area contributed by atoms with Crippen LogP contribution in [0.2, 0.25) is 0 Å². The third kappa shape index (κ3) is 2.46. The lowest BCUT2D eigenvalue weighted by Crippen LogP contribution is -2.14. The fourth-order valence-corrected chi connectivity index (χ4v) is 2.29. The Morgan fingerprint density at radius 2 is 2.20 bits per heavy atom. The molecular formula is C11H15N3S. The molecule has 2 aromatic rings. The van der Waals surface area contributed by atoms with E-state index in [2.05, 4.69) is 36.1 Å². The van der Waals surface area contributed by atoms with E-state index in [1.165, 1.54) is 10.3 Å². The molecule has 0 saturated heterocycles. The highest BCUT2D eigenvalue weighted by atomic mass is 32.1. The zero-order valence-electron chi connectivity index (χ0n) is 9.03. The second kappa shape index (κ2) is 4.16. The van der Waals surface area contributed by atoms with Crippen molar-refractivity contribution in [1.29, 1.82) is 0 Å². The molecule has 0 spiro atoms. The number of benzene rings is 1. The molecule has 1 aromatic heterocycles. The summed E-state index contributed by atoms with van der Waals surface area (Å²) in [7, 11) is 4.17. The standard InChI is InChI=1S/C11H15N3S/c1-14(2)6-5-8-3-4-9-10(7-8)15-11(12)13-9/h3-4,7H,5-6H2,1-2H3,(H2,12,13). The van der Waals surface area contributed by atoms with Crippen molar-refractivity contribution in [1.82, 2.24) is 9.88 Å². The van der Waals surface area contributed by atoms with Crippen LogP contribution in [0.1, 0.15) is 5.56 Å². The summed E-state index contributed by atoms with van der Waals surface area (Å²) >= 11 is 1.55. The van der Waals surface area contributed by atoms with Gasteiger partial charge in [-0.05, 0) is 38.2 Å². The maximum absolute atomic E-state index is 5.66. The molecule has 15 heavy (non-hydrogen) atoms. The first-order valence-electron chi connectivity index (χ1n) is 4.95. The minimum Gasteiger partial charge on any atom is -0.375 e. The minimum atomic E-state index is 0.648. The van der Waals surface area contributed by atoms with Gasteiger partial charge in [0.25, 0.3) is 0 Å². The SMILES string of the molecule is CN(C)CCc1ccc2nc(N)sc2c1. The highest BCUT2D eigenvalue weighted by Crippen LogP contribution is 2.24. The van der Waals surface area contributed by atoms with Crippen LogP contribution in [0.5, 0.6) is 0 Å². The molecule has 2 rings (SSSR count). The van der Waals surface area contributed by atoms with Gasteiger partial charge in [0.2, 0.25) is 0 Å². The lowest BCUT2D eigenvalue weighted by atomic mass is 10.1. The van der Waals surface area contributed by atoms with E-state index in [9.17, 15) is 0 Å². The van der Waals surface area contributed by atoms with E-state index < -0.39 is 0 Å². The number of aromatic nitrogens is 1. The van der Waals surface area contributed by atoms with Crippen LogP contribution < -0.4 is 5.73 Å². The van der Waals surface area contributed by atoms with Crippen LogP contribution in [0.25, 0.3) is 10.2 Å². The first kappa shape index (κ1) is 10.4. The van der Waals surface area contributed by atoms with E-state index in [-0.39, 0.29) is 0 Å². The van der Waals surface area contributed by atoms with E-state index in [0.29, 0.717) is 5.13 Å². The Morgan fingerprint density at radius 3 is 2.93 bits per heavy atom. The van der Waals surface area contributed by atoms with Gasteiger partial charge < -0.3 is 10.6 Å². The number of nitrogens with zero attached hydrogens (tertiary/aromatic N) is 2. The lowest BCUT2D eigenvalue weighted by Gasteiger charge is -2.08. The molecule has 0 bridgehead atoms. The summed E-state index contributed by atoms with van der Waals surface area (Å²) in [5, 5.41) is 0.648. The fourth-order valence-electron chi connectivity index (χ4n) is 1.50. The molecule has 1 aromatic carbocycles. The molecule has 4 heteroatoms. The smallest absolute Gasteiger partial charge is 0.181 e.